The van der Waals surface area contributed by atoms with Gasteiger partial charge in [0.05, 0.1) is 12.1 Å². The monoisotopic (exact) mass is 282 g/mol. The molecule has 1 aliphatic heterocycles. The van der Waals surface area contributed by atoms with Gasteiger partial charge in [-0.1, -0.05) is 0 Å². The van der Waals surface area contributed by atoms with Gasteiger partial charge in [-0.2, -0.15) is 0 Å². The predicted octanol–water partition coefficient (Wildman–Crippen LogP) is 0.878. The highest BCUT2D eigenvalue weighted by Crippen LogP contribution is 2.20. The Morgan fingerprint density at radius 1 is 1.50 bits per heavy atom. The van der Waals surface area contributed by atoms with Crippen LogP contribution >= 0.6 is 0 Å². The molecule has 0 bridgehead atoms. The van der Waals surface area contributed by atoms with Crippen LogP contribution < -0.4 is 5.32 Å². The number of β-amino-alcohol motifs (C(OH)–C–C–N with tert-alkyl or cyclic N) is 1. The third-order valence-electron chi connectivity index (χ3n) is 3.35. The Morgan fingerprint density at radius 3 is 2.75 bits per heavy atom. The number of carbonyl (C=O) groups is 2. The van der Waals surface area contributed by atoms with Gasteiger partial charge < -0.3 is 24.8 Å². The Kier molecular flexibility index (Phi) is 3.99. The number of aliphatic hydroxyl groups is 1. The van der Waals surface area contributed by atoms with Crippen LogP contribution in [0.1, 0.15) is 30.9 Å². The lowest BCUT2D eigenvalue weighted by Crippen LogP contribution is -2.46. The smallest absolute Gasteiger partial charge is 0.326 e. The second-order valence-electron chi connectivity index (χ2n) is 5.02. The van der Waals surface area contributed by atoms with E-state index in [4.69, 9.17) is 9.52 Å². The van der Waals surface area contributed by atoms with Crippen molar-refractivity contribution in [3.63, 3.8) is 0 Å². The number of nitrogens with one attached hydrogen (secondary N) is 1. The number of furan rings is 1. The van der Waals surface area contributed by atoms with E-state index in [9.17, 15) is 14.7 Å². The fourth-order valence-electron chi connectivity index (χ4n) is 2.30. The van der Waals surface area contributed by atoms with Crippen molar-refractivity contribution < 1.29 is 24.2 Å². The van der Waals surface area contributed by atoms with Gasteiger partial charge in [0, 0.05) is 13.0 Å². The van der Waals surface area contributed by atoms with E-state index >= 15 is 0 Å². The second-order valence-corrected chi connectivity index (χ2v) is 5.02. The summed E-state index contributed by atoms with van der Waals surface area (Å²) in [6.45, 7) is 3.57. The molecule has 1 fully saturated rings. The van der Waals surface area contributed by atoms with Gasteiger partial charge >= 0.3 is 12.0 Å². The van der Waals surface area contributed by atoms with Gasteiger partial charge in [-0.15, -0.1) is 0 Å². The van der Waals surface area contributed by atoms with Gasteiger partial charge in [-0.3, -0.25) is 0 Å². The topological polar surface area (TPSA) is 103 Å². The number of nitrogens with zero attached hydrogens (tertiary/aromatic N) is 1. The molecule has 0 aliphatic carbocycles. The van der Waals surface area contributed by atoms with Crippen LogP contribution in [0.2, 0.25) is 0 Å². The largest absolute Gasteiger partial charge is 0.480 e. The maximum Gasteiger partial charge on any atom is 0.326 e. The van der Waals surface area contributed by atoms with E-state index in [0.29, 0.717) is 5.76 Å². The van der Waals surface area contributed by atoms with Crippen LogP contribution in [0.25, 0.3) is 0 Å². The van der Waals surface area contributed by atoms with Gasteiger partial charge in [-0.05, 0) is 26.0 Å². The molecule has 2 heterocycles. The number of hydrogen-bond acceptors (Lipinski definition) is 4. The molecule has 0 radical (unpaired) electrons. The summed E-state index contributed by atoms with van der Waals surface area (Å²) in [6, 6.07) is 1.67. The van der Waals surface area contributed by atoms with Crippen LogP contribution in [0.15, 0.2) is 16.5 Å². The van der Waals surface area contributed by atoms with E-state index < -0.39 is 24.1 Å². The number of carbonyl (C=O) groups excluding carboxylic acids is 1. The van der Waals surface area contributed by atoms with Crippen molar-refractivity contribution in [3.05, 3.63) is 23.7 Å². The number of amides is 2. The summed E-state index contributed by atoms with van der Waals surface area (Å²) in [5.74, 6) is 0.224. The molecule has 2 rings (SSSR count). The maximum absolute atomic E-state index is 12.1. The van der Waals surface area contributed by atoms with Crippen molar-refractivity contribution in [2.24, 2.45) is 0 Å². The van der Waals surface area contributed by atoms with Crippen molar-refractivity contribution in [2.45, 2.75) is 38.5 Å². The average Bonchev–Trinajstić information content (AvgIpc) is 2.95. The number of aliphatic hydroxyl groups excluding tert-OH is 1. The van der Waals surface area contributed by atoms with Crippen LogP contribution in [-0.4, -0.2) is 45.8 Å². The van der Waals surface area contributed by atoms with Gasteiger partial charge in [0.2, 0.25) is 0 Å². The maximum atomic E-state index is 12.1. The number of rotatable bonds is 3. The molecule has 20 heavy (non-hydrogen) atoms. The molecular formula is C13H18N2O5. The van der Waals surface area contributed by atoms with Crippen LogP contribution in [0.3, 0.4) is 0 Å². The average molecular weight is 282 g/mol. The summed E-state index contributed by atoms with van der Waals surface area (Å²) in [5.41, 5.74) is 0. The number of likely N-dealkylation sites (tertiary alicyclic amines) is 1. The zero-order chi connectivity index (χ0) is 14.9. The number of hydrogen-bond donors (Lipinski definition) is 3. The lowest BCUT2D eigenvalue weighted by Gasteiger charge is -2.23. The molecule has 0 spiro atoms. The molecule has 1 saturated heterocycles. The van der Waals surface area contributed by atoms with E-state index in [2.05, 4.69) is 5.32 Å². The first-order valence-electron chi connectivity index (χ1n) is 6.43. The molecular weight excluding hydrogens is 264 g/mol. The van der Waals surface area contributed by atoms with Crippen LogP contribution in [-0.2, 0) is 4.79 Å². The molecule has 1 aliphatic rings. The predicted molar refractivity (Wildman–Crippen MR) is 69.1 cm³/mol. The highest BCUT2D eigenvalue weighted by atomic mass is 16.4. The summed E-state index contributed by atoms with van der Waals surface area (Å²) >= 11 is 0. The zero-order valence-electron chi connectivity index (χ0n) is 11.4. The summed E-state index contributed by atoms with van der Waals surface area (Å²) in [6.07, 6.45) is -0.750. The van der Waals surface area contributed by atoms with Gasteiger partial charge in [-0.25, -0.2) is 9.59 Å². The number of aliphatic carboxylic acids is 1. The first kappa shape index (κ1) is 14.4. The van der Waals surface area contributed by atoms with Crippen LogP contribution in [0, 0.1) is 6.92 Å². The van der Waals surface area contributed by atoms with Crippen molar-refractivity contribution >= 4 is 12.0 Å². The van der Waals surface area contributed by atoms with Crippen molar-refractivity contribution in [1.82, 2.24) is 10.2 Å². The number of carboxylic acid groups (broad SMARTS) is 1. The quantitative estimate of drug-likeness (QED) is 0.763. The molecule has 110 valence electrons. The summed E-state index contributed by atoms with van der Waals surface area (Å²) in [5, 5.41) is 21.2. The van der Waals surface area contributed by atoms with Crippen molar-refractivity contribution in [2.75, 3.05) is 6.54 Å². The van der Waals surface area contributed by atoms with Gasteiger partial charge in [0.15, 0.2) is 0 Å². The van der Waals surface area contributed by atoms with Crippen LogP contribution in [0.5, 0.6) is 0 Å². The van der Waals surface area contributed by atoms with E-state index in [1.807, 2.05) is 0 Å². The van der Waals surface area contributed by atoms with Gasteiger partial charge in [0.25, 0.3) is 0 Å². The standard InChI is InChI=1S/C13H18N2O5/c1-7-3-4-11(20-7)8(2)14-13(19)15-6-9(16)5-10(15)12(17)18/h3-4,8-10,16H,5-6H2,1-2H3,(H,14,19)(H,17,18)/t8?,9-,10-/m1/s1. The molecule has 0 saturated carbocycles. The van der Waals surface area contributed by atoms with E-state index in [1.165, 1.54) is 0 Å². The molecule has 3 N–H and O–H groups in total. The highest BCUT2D eigenvalue weighted by molar-refractivity contribution is 5.83. The van der Waals surface area contributed by atoms with Crippen LogP contribution in [0.4, 0.5) is 4.79 Å². The fraction of sp³-hybridized carbons (Fsp3) is 0.538. The molecule has 1 aromatic rings. The minimum atomic E-state index is -1.11. The zero-order valence-corrected chi connectivity index (χ0v) is 11.4. The Bertz CT molecular complexity index is 513. The molecule has 3 atom stereocenters. The first-order valence-corrected chi connectivity index (χ1v) is 6.43. The molecule has 7 nitrogen and oxygen atoms in total. The lowest BCUT2D eigenvalue weighted by atomic mass is 10.2. The summed E-state index contributed by atoms with van der Waals surface area (Å²) in [4.78, 5) is 24.3. The van der Waals surface area contributed by atoms with Crippen molar-refractivity contribution in [1.29, 1.82) is 0 Å². The Balaban J connectivity index is 2.02. The minimum Gasteiger partial charge on any atom is -0.480 e. The Morgan fingerprint density at radius 2 is 2.20 bits per heavy atom. The molecule has 1 unspecified atom stereocenters. The molecule has 0 aromatic carbocycles. The van der Waals surface area contributed by atoms with Gasteiger partial charge in [0.1, 0.15) is 17.6 Å². The molecule has 2 amide bonds. The van der Waals surface area contributed by atoms with E-state index in [1.54, 1.807) is 26.0 Å². The third kappa shape index (κ3) is 2.93. The van der Waals surface area contributed by atoms with E-state index in [-0.39, 0.29) is 19.0 Å². The summed E-state index contributed by atoms with van der Waals surface area (Å²) in [7, 11) is 0. The Hall–Kier alpha value is -2.02. The fourth-order valence-corrected chi connectivity index (χ4v) is 2.30. The lowest BCUT2D eigenvalue weighted by molar-refractivity contribution is -0.141. The minimum absolute atomic E-state index is 0.0205. The molecule has 7 heteroatoms. The van der Waals surface area contributed by atoms with Crippen molar-refractivity contribution in [3.8, 4) is 0 Å². The number of urea groups is 1. The first-order chi connectivity index (χ1) is 9.38. The summed E-state index contributed by atoms with van der Waals surface area (Å²) < 4.78 is 5.41. The Labute approximate surface area is 116 Å². The molecule has 1 aromatic heterocycles. The number of carboxylic acids is 1. The van der Waals surface area contributed by atoms with E-state index in [0.717, 1.165) is 10.7 Å². The highest BCUT2D eigenvalue weighted by Gasteiger charge is 2.39. The second kappa shape index (κ2) is 5.54. The third-order valence-corrected chi connectivity index (χ3v) is 3.35. The number of aryl methyl sites for hydroxylation is 1. The normalized spacial score (nSPS) is 23.6. The SMILES string of the molecule is Cc1ccc(C(C)NC(=O)N2C[C@H](O)C[C@@H]2C(=O)O)o1.